The van der Waals surface area contributed by atoms with Gasteiger partial charge in [0.1, 0.15) is 23.1 Å². The standard InChI is InChI=1S/C16H22N2O2/c1-3-19-13-6-8-14(9-7-13)20-15-5-4-10-16(11-15,12-17)18-2/h6-9,15,18H,3-5,10-11H2,1-2H3. The average molecular weight is 274 g/mol. The van der Waals surface area contributed by atoms with Crippen LogP contribution in [-0.2, 0) is 0 Å². The van der Waals surface area contributed by atoms with Gasteiger partial charge in [-0.05, 0) is 57.5 Å². The van der Waals surface area contributed by atoms with E-state index in [-0.39, 0.29) is 6.10 Å². The monoisotopic (exact) mass is 274 g/mol. The van der Waals surface area contributed by atoms with Gasteiger partial charge in [-0.25, -0.2) is 0 Å². The zero-order chi connectivity index (χ0) is 14.4. The summed E-state index contributed by atoms with van der Waals surface area (Å²) in [7, 11) is 1.85. The molecule has 0 amide bonds. The van der Waals surface area contributed by atoms with Gasteiger partial charge in [0.05, 0.1) is 12.7 Å². The van der Waals surface area contributed by atoms with Crippen molar-refractivity contribution in [3.8, 4) is 17.6 Å². The van der Waals surface area contributed by atoms with E-state index in [9.17, 15) is 5.26 Å². The lowest BCUT2D eigenvalue weighted by Gasteiger charge is -2.35. The fourth-order valence-corrected chi connectivity index (χ4v) is 2.68. The predicted octanol–water partition coefficient (Wildman–Crippen LogP) is 2.89. The Labute approximate surface area is 120 Å². The van der Waals surface area contributed by atoms with Crippen molar-refractivity contribution in [2.75, 3.05) is 13.7 Å². The van der Waals surface area contributed by atoms with Gasteiger partial charge >= 0.3 is 0 Å². The lowest BCUT2D eigenvalue weighted by molar-refractivity contribution is 0.116. The van der Waals surface area contributed by atoms with E-state index in [4.69, 9.17) is 9.47 Å². The SMILES string of the molecule is CCOc1ccc(OC2CCCC(C#N)(NC)C2)cc1. The molecule has 0 radical (unpaired) electrons. The molecule has 1 fully saturated rings. The minimum absolute atomic E-state index is 0.0915. The fraction of sp³-hybridized carbons (Fsp3) is 0.562. The van der Waals surface area contributed by atoms with Crippen LogP contribution in [0.25, 0.3) is 0 Å². The van der Waals surface area contributed by atoms with Gasteiger partial charge in [0, 0.05) is 6.42 Å². The first-order valence-electron chi connectivity index (χ1n) is 7.21. The van der Waals surface area contributed by atoms with Crippen molar-refractivity contribution in [1.82, 2.24) is 5.32 Å². The lowest BCUT2D eigenvalue weighted by Crippen LogP contribution is -2.48. The minimum Gasteiger partial charge on any atom is -0.494 e. The lowest BCUT2D eigenvalue weighted by atomic mass is 9.81. The molecule has 20 heavy (non-hydrogen) atoms. The first-order valence-corrected chi connectivity index (χ1v) is 7.21. The normalized spacial score (nSPS) is 25.8. The topological polar surface area (TPSA) is 54.3 Å². The van der Waals surface area contributed by atoms with Gasteiger partial charge in [0.25, 0.3) is 0 Å². The number of hydrogen-bond donors (Lipinski definition) is 1. The largest absolute Gasteiger partial charge is 0.494 e. The van der Waals surface area contributed by atoms with E-state index in [1.54, 1.807) is 0 Å². The van der Waals surface area contributed by atoms with Crippen LogP contribution in [0.15, 0.2) is 24.3 Å². The Morgan fingerprint density at radius 3 is 2.65 bits per heavy atom. The molecule has 0 heterocycles. The summed E-state index contributed by atoms with van der Waals surface area (Å²) in [6, 6.07) is 10.1. The van der Waals surface area contributed by atoms with Crippen LogP contribution in [0.5, 0.6) is 11.5 Å². The van der Waals surface area contributed by atoms with Gasteiger partial charge in [-0.15, -0.1) is 0 Å². The Bertz CT molecular complexity index is 466. The molecule has 4 nitrogen and oxygen atoms in total. The van der Waals surface area contributed by atoms with Gasteiger partial charge in [0.15, 0.2) is 0 Å². The van der Waals surface area contributed by atoms with Crippen LogP contribution in [0, 0.1) is 11.3 Å². The number of nitrogens with zero attached hydrogens (tertiary/aromatic N) is 1. The van der Waals surface area contributed by atoms with Gasteiger partial charge in [-0.1, -0.05) is 0 Å². The summed E-state index contributed by atoms with van der Waals surface area (Å²) in [5.41, 5.74) is -0.436. The van der Waals surface area contributed by atoms with E-state index < -0.39 is 5.54 Å². The highest BCUT2D eigenvalue weighted by Crippen LogP contribution is 2.31. The van der Waals surface area contributed by atoms with E-state index in [1.807, 2.05) is 38.2 Å². The van der Waals surface area contributed by atoms with Crippen LogP contribution in [0.4, 0.5) is 0 Å². The first-order chi connectivity index (χ1) is 9.71. The summed E-state index contributed by atoms with van der Waals surface area (Å²) in [5, 5.41) is 12.5. The Hall–Kier alpha value is -1.73. The summed E-state index contributed by atoms with van der Waals surface area (Å²) < 4.78 is 11.4. The Kier molecular flexibility index (Phi) is 4.86. The second-order valence-electron chi connectivity index (χ2n) is 5.18. The van der Waals surface area contributed by atoms with Crippen molar-refractivity contribution in [2.24, 2.45) is 0 Å². The average Bonchev–Trinajstić information content (AvgIpc) is 2.50. The number of hydrogen-bond acceptors (Lipinski definition) is 4. The number of rotatable bonds is 5. The molecule has 108 valence electrons. The van der Waals surface area contributed by atoms with Crippen LogP contribution in [0.3, 0.4) is 0 Å². The van der Waals surface area contributed by atoms with Crippen molar-refractivity contribution in [3.63, 3.8) is 0 Å². The Balaban J connectivity index is 1.97. The predicted molar refractivity (Wildman–Crippen MR) is 77.9 cm³/mol. The van der Waals surface area contributed by atoms with Gasteiger partial charge in [0.2, 0.25) is 0 Å². The van der Waals surface area contributed by atoms with Gasteiger partial charge in [-0.3, -0.25) is 0 Å². The molecule has 4 heteroatoms. The third kappa shape index (κ3) is 3.43. The van der Waals surface area contributed by atoms with Crippen LogP contribution in [0.1, 0.15) is 32.6 Å². The van der Waals surface area contributed by atoms with Crippen molar-refractivity contribution < 1.29 is 9.47 Å². The molecule has 1 aromatic rings. The van der Waals surface area contributed by atoms with E-state index in [0.717, 1.165) is 37.2 Å². The summed E-state index contributed by atoms with van der Waals surface area (Å²) in [6.45, 7) is 2.63. The van der Waals surface area contributed by atoms with Crippen LogP contribution >= 0.6 is 0 Å². The molecule has 2 atom stereocenters. The van der Waals surface area contributed by atoms with E-state index in [0.29, 0.717) is 6.61 Å². The van der Waals surface area contributed by atoms with Crippen LogP contribution in [-0.4, -0.2) is 25.3 Å². The minimum atomic E-state index is -0.436. The maximum absolute atomic E-state index is 9.34. The summed E-state index contributed by atoms with van der Waals surface area (Å²) >= 11 is 0. The molecule has 0 saturated heterocycles. The molecule has 1 N–H and O–H groups in total. The Morgan fingerprint density at radius 2 is 2.05 bits per heavy atom. The summed E-state index contributed by atoms with van der Waals surface area (Å²) in [4.78, 5) is 0. The van der Waals surface area contributed by atoms with Crippen molar-refractivity contribution in [3.05, 3.63) is 24.3 Å². The number of ether oxygens (including phenoxy) is 2. The first kappa shape index (κ1) is 14.7. The number of nitriles is 1. The molecule has 2 rings (SSSR count). The summed E-state index contributed by atoms with van der Waals surface area (Å²) in [5.74, 6) is 1.69. The fourth-order valence-electron chi connectivity index (χ4n) is 2.68. The highest BCUT2D eigenvalue weighted by Gasteiger charge is 2.36. The number of benzene rings is 1. The molecule has 0 aliphatic heterocycles. The second-order valence-corrected chi connectivity index (χ2v) is 5.18. The molecular formula is C16H22N2O2. The molecule has 1 aliphatic carbocycles. The quantitative estimate of drug-likeness (QED) is 0.897. The molecule has 0 spiro atoms. The smallest absolute Gasteiger partial charge is 0.119 e. The zero-order valence-corrected chi connectivity index (χ0v) is 12.2. The highest BCUT2D eigenvalue weighted by molar-refractivity contribution is 5.31. The van der Waals surface area contributed by atoms with Crippen LogP contribution in [0.2, 0.25) is 0 Å². The second kappa shape index (κ2) is 6.62. The zero-order valence-electron chi connectivity index (χ0n) is 12.2. The van der Waals surface area contributed by atoms with E-state index in [2.05, 4.69) is 11.4 Å². The molecule has 0 bridgehead atoms. The number of nitrogens with one attached hydrogen (secondary N) is 1. The maximum atomic E-state index is 9.34. The molecular weight excluding hydrogens is 252 g/mol. The Morgan fingerprint density at radius 1 is 1.35 bits per heavy atom. The highest BCUT2D eigenvalue weighted by atomic mass is 16.5. The third-order valence-electron chi connectivity index (χ3n) is 3.84. The van der Waals surface area contributed by atoms with Crippen molar-refractivity contribution in [2.45, 2.75) is 44.2 Å². The van der Waals surface area contributed by atoms with Crippen LogP contribution < -0.4 is 14.8 Å². The molecule has 2 unspecified atom stereocenters. The molecule has 1 saturated carbocycles. The maximum Gasteiger partial charge on any atom is 0.119 e. The van der Waals surface area contributed by atoms with Gasteiger partial charge < -0.3 is 14.8 Å². The van der Waals surface area contributed by atoms with Gasteiger partial charge in [-0.2, -0.15) is 5.26 Å². The third-order valence-corrected chi connectivity index (χ3v) is 3.84. The van der Waals surface area contributed by atoms with E-state index >= 15 is 0 Å². The van der Waals surface area contributed by atoms with E-state index in [1.165, 1.54) is 0 Å². The van der Waals surface area contributed by atoms with Crippen molar-refractivity contribution in [1.29, 1.82) is 5.26 Å². The molecule has 1 aromatic carbocycles. The van der Waals surface area contributed by atoms with Crippen molar-refractivity contribution >= 4 is 0 Å². The molecule has 0 aromatic heterocycles. The summed E-state index contributed by atoms with van der Waals surface area (Å²) in [6.07, 6.45) is 3.72. The molecule has 1 aliphatic rings.